The standard InChI is InChI=1S/C33H33N3O5S/c1-4-5-8-19-40-26-15-11-23(12-16-26)29-28(31(38)32(39)36(29)33-35-34-22(3)42-33)30(37)24-13-17-27(18-14-24)41-20-25-10-7-6-9-21(25)2/h6-7,9-18,29,37H,4-5,8,19-20H2,1-3H3. The smallest absolute Gasteiger partial charge is 0.301 e. The lowest BCUT2D eigenvalue weighted by molar-refractivity contribution is -0.132. The van der Waals surface area contributed by atoms with Gasteiger partial charge in [-0.25, -0.2) is 0 Å². The molecule has 1 saturated heterocycles. The normalized spacial score (nSPS) is 16.2. The molecule has 4 aromatic rings. The minimum absolute atomic E-state index is 0.0157. The molecular formula is C33H33N3O5S. The lowest BCUT2D eigenvalue weighted by Gasteiger charge is -2.22. The topological polar surface area (TPSA) is 102 Å². The van der Waals surface area contributed by atoms with Crippen LogP contribution >= 0.6 is 11.3 Å². The Morgan fingerprint density at radius 2 is 1.60 bits per heavy atom. The van der Waals surface area contributed by atoms with Gasteiger partial charge in [-0.05, 0) is 73.4 Å². The minimum atomic E-state index is -0.886. The second-order valence-electron chi connectivity index (χ2n) is 10.1. The lowest BCUT2D eigenvalue weighted by Crippen LogP contribution is -2.29. The number of anilines is 1. The number of Topliss-reactive ketones (excluding diaryl/α,β-unsaturated/α-hetero) is 1. The van der Waals surface area contributed by atoms with Gasteiger partial charge in [0.25, 0.3) is 5.78 Å². The number of aliphatic hydroxyl groups excluding tert-OH is 1. The number of aryl methyl sites for hydroxylation is 2. The fourth-order valence-corrected chi connectivity index (χ4v) is 5.53. The van der Waals surface area contributed by atoms with Crippen LogP contribution in [0.3, 0.4) is 0 Å². The van der Waals surface area contributed by atoms with Crippen LogP contribution in [0.5, 0.6) is 11.5 Å². The molecule has 2 heterocycles. The molecule has 0 saturated carbocycles. The Labute approximate surface area is 249 Å². The average Bonchev–Trinajstić information content (AvgIpc) is 3.54. The van der Waals surface area contributed by atoms with E-state index >= 15 is 0 Å². The number of unbranched alkanes of at least 4 members (excludes halogenated alkanes) is 2. The molecule has 1 atom stereocenters. The fraction of sp³-hybridized carbons (Fsp3) is 0.273. The second-order valence-corrected chi connectivity index (χ2v) is 11.3. The molecule has 3 aromatic carbocycles. The first-order chi connectivity index (χ1) is 20.4. The van der Waals surface area contributed by atoms with Crippen molar-refractivity contribution in [2.45, 2.75) is 52.7 Å². The maximum absolute atomic E-state index is 13.4. The summed E-state index contributed by atoms with van der Waals surface area (Å²) in [5.41, 5.74) is 3.23. The third kappa shape index (κ3) is 6.21. The number of ether oxygens (including phenoxy) is 2. The number of rotatable bonds is 11. The molecule has 0 aliphatic carbocycles. The number of aliphatic hydroxyl groups is 1. The van der Waals surface area contributed by atoms with Crippen LogP contribution in [0.1, 0.15) is 59.5 Å². The van der Waals surface area contributed by atoms with Crippen LogP contribution in [0.4, 0.5) is 5.13 Å². The van der Waals surface area contributed by atoms with Crippen LogP contribution in [-0.2, 0) is 16.2 Å². The maximum atomic E-state index is 13.4. The van der Waals surface area contributed by atoms with E-state index in [9.17, 15) is 14.7 Å². The predicted molar refractivity (Wildman–Crippen MR) is 163 cm³/mol. The molecule has 0 radical (unpaired) electrons. The first kappa shape index (κ1) is 29.0. The molecule has 1 aliphatic heterocycles. The van der Waals surface area contributed by atoms with E-state index in [2.05, 4.69) is 17.1 Å². The first-order valence-corrected chi connectivity index (χ1v) is 14.8. The molecule has 1 aliphatic rings. The van der Waals surface area contributed by atoms with Crippen LogP contribution < -0.4 is 14.4 Å². The third-order valence-electron chi connectivity index (χ3n) is 7.16. The number of ketones is 1. The summed E-state index contributed by atoms with van der Waals surface area (Å²) < 4.78 is 11.8. The summed E-state index contributed by atoms with van der Waals surface area (Å²) in [6.07, 6.45) is 3.16. The Morgan fingerprint density at radius 1 is 0.905 bits per heavy atom. The molecule has 1 amide bonds. The molecule has 1 unspecified atom stereocenters. The Hall–Kier alpha value is -4.50. The zero-order valence-electron chi connectivity index (χ0n) is 23.9. The summed E-state index contributed by atoms with van der Waals surface area (Å²) in [4.78, 5) is 28.1. The van der Waals surface area contributed by atoms with Crippen molar-refractivity contribution in [3.8, 4) is 11.5 Å². The van der Waals surface area contributed by atoms with E-state index in [1.165, 1.54) is 16.2 Å². The number of aromatic nitrogens is 2. The van der Waals surface area contributed by atoms with Crippen molar-refractivity contribution in [3.63, 3.8) is 0 Å². The number of nitrogens with zero attached hydrogens (tertiary/aromatic N) is 3. The number of hydrogen-bond donors (Lipinski definition) is 1. The number of benzene rings is 3. The van der Waals surface area contributed by atoms with Gasteiger partial charge >= 0.3 is 5.91 Å². The number of carbonyl (C=O) groups excluding carboxylic acids is 2. The summed E-state index contributed by atoms with van der Waals surface area (Å²) in [7, 11) is 0. The van der Waals surface area contributed by atoms with Gasteiger partial charge in [-0.2, -0.15) is 0 Å². The van der Waals surface area contributed by atoms with Crippen molar-refractivity contribution in [3.05, 3.63) is 106 Å². The van der Waals surface area contributed by atoms with Gasteiger partial charge in [-0.3, -0.25) is 14.5 Å². The van der Waals surface area contributed by atoms with Gasteiger partial charge in [0, 0.05) is 5.56 Å². The van der Waals surface area contributed by atoms with Crippen LogP contribution in [-0.4, -0.2) is 33.6 Å². The monoisotopic (exact) mass is 583 g/mol. The number of carbonyl (C=O) groups is 2. The molecule has 9 heteroatoms. The molecule has 1 N–H and O–H groups in total. The predicted octanol–water partition coefficient (Wildman–Crippen LogP) is 6.93. The van der Waals surface area contributed by atoms with Crippen molar-refractivity contribution in [1.82, 2.24) is 10.2 Å². The maximum Gasteiger partial charge on any atom is 0.301 e. The summed E-state index contributed by atoms with van der Waals surface area (Å²) in [5.74, 6) is -0.515. The Morgan fingerprint density at radius 3 is 2.26 bits per heavy atom. The third-order valence-corrected chi connectivity index (χ3v) is 8.00. The summed E-state index contributed by atoms with van der Waals surface area (Å²) in [5, 5.41) is 20.6. The summed E-state index contributed by atoms with van der Waals surface area (Å²) in [6, 6.07) is 21.2. The second kappa shape index (κ2) is 13.0. The SMILES string of the molecule is CCCCCOc1ccc(C2C(=C(O)c3ccc(OCc4ccccc4C)cc3)C(=O)C(=O)N2c2nnc(C)s2)cc1. The molecular weight excluding hydrogens is 550 g/mol. The van der Waals surface area contributed by atoms with Crippen molar-refractivity contribution < 1.29 is 24.2 Å². The summed E-state index contributed by atoms with van der Waals surface area (Å²) >= 11 is 1.21. The lowest BCUT2D eigenvalue weighted by atomic mass is 9.95. The molecule has 1 fully saturated rings. The van der Waals surface area contributed by atoms with Crippen LogP contribution in [0.25, 0.3) is 5.76 Å². The molecule has 0 bridgehead atoms. The summed E-state index contributed by atoms with van der Waals surface area (Å²) in [6.45, 7) is 6.96. The number of hydrogen-bond acceptors (Lipinski definition) is 8. The van der Waals surface area contributed by atoms with E-state index in [0.29, 0.717) is 46.0 Å². The molecule has 8 nitrogen and oxygen atoms in total. The van der Waals surface area contributed by atoms with E-state index < -0.39 is 17.7 Å². The van der Waals surface area contributed by atoms with E-state index in [4.69, 9.17) is 9.47 Å². The average molecular weight is 584 g/mol. The highest BCUT2D eigenvalue weighted by atomic mass is 32.1. The van der Waals surface area contributed by atoms with Crippen LogP contribution in [0, 0.1) is 13.8 Å². The Bertz CT molecular complexity index is 1590. The first-order valence-electron chi connectivity index (χ1n) is 14.0. The highest BCUT2D eigenvalue weighted by molar-refractivity contribution is 7.15. The van der Waals surface area contributed by atoms with Crippen molar-refractivity contribution in [1.29, 1.82) is 0 Å². The quantitative estimate of drug-likeness (QED) is 0.0884. The van der Waals surface area contributed by atoms with Gasteiger partial charge in [0.1, 0.15) is 28.9 Å². The molecule has 216 valence electrons. The Balaban J connectivity index is 1.45. The van der Waals surface area contributed by atoms with Crippen molar-refractivity contribution in [2.24, 2.45) is 0 Å². The van der Waals surface area contributed by atoms with E-state index in [1.807, 2.05) is 55.5 Å². The van der Waals surface area contributed by atoms with Gasteiger partial charge in [-0.1, -0.05) is 67.5 Å². The molecule has 0 spiro atoms. The molecule has 5 rings (SSSR count). The van der Waals surface area contributed by atoms with E-state index in [0.717, 1.165) is 30.4 Å². The van der Waals surface area contributed by atoms with Crippen molar-refractivity contribution in [2.75, 3.05) is 11.5 Å². The zero-order valence-corrected chi connectivity index (χ0v) is 24.7. The molecule has 1 aromatic heterocycles. The molecule has 42 heavy (non-hydrogen) atoms. The van der Waals surface area contributed by atoms with Gasteiger partial charge in [0.2, 0.25) is 5.13 Å². The van der Waals surface area contributed by atoms with Crippen LogP contribution in [0.2, 0.25) is 0 Å². The van der Waals surface area contributed by atoms with Gasteiger partial charge in [0.15, 0.2) is 0 Å². The Kier molecular flexibility index (Phi) is 8.97. The van der Waals surface area contributed by atoms with E-state index in [1.54, 1.807) is 31.2 Å². The van der Waals surface area contributed by atoms with Gasteiger partial charge < -0.3 is 14.6 Å². The van der Waals surface area contributed by atoms with E-state index in [-0.39, 0.29) is 11.3 Å². The highest BCUT2D eigenvalue weighted by Gasteiger charge is 2.48. The minimum Gasteiger partial charge on any atom is -0.507 e. The number of amides is 1. The van der Waals surface area contributed by atoms with Crippen molar-refractivity contribution >= 4 is 33.9 Å². The van der Waals surface area contributed by atoms with Gasteiger partial charge in [-0.15, -0.1) is 10.2 Å². The largest absolute Gasteiger partial charge is 0.507 e. The van der Waals surface area contributed by atoms with Gasteiger partial charge in [0.05, 0.1) is 18.2 Å². The highest BCUT2D eigenvalue weighted by Crippen LogP contribution is 2.43. The van der Waals surface area contributed by atoms with Crippen LogP contribution in [0.15, 0.2) is 78.4 Å². The fourth-order valence-electron chi connectivity index (χ4n) is 4.81. The zero-order chi connectivity index (χ0) is 29.6.